The Morgan fingerprint density at radius 3 is 1.90 bits per heavy atom. The first-order chi connectivity index (χ1) is 57.1. The molecule has 7 aromatic rings. The van der Waals surface area contributed by atoms with Crippen molar-refractivity contribution in [1.82, 2.24) is 47.9 Å². The number of carbonyl (C=O) groups is 8. The number of aliphatic hydroxyl groups is 6. The van der Waals surface area contributed by atoms with E-state index >= 15 is 24.0 Å². The molecule has 7 aliphatic rings. The number of primary amides is 1. The third-order valence-electron chi connectivity index (χ3n) is 21.5. The van der Waals surface area contributed by atoms with E-state index in [1.165, 1.54) is 31.3 Å². The number of hydrogen-bond acceptors (Lipinski definition) is 26. The normalized spacial score (nSPS) is 26.6. The average Bonchev–Trinajstić information content (AvgIpc) is 0.807. The molecule has 8 amide bonds. The molecule has 7 aromatic carbocycles. The molecule has 11 bridgehead atoms. The molecule has 2 fully saturated rings. The highest BCUT2D eigenvalue weighted by atomic mass is 35.5. The Morgan fingerprint density at radius 1 is 0.667 bits per heavy atom. The standard InChI is InChI=1S/C83H94Cl3N11O23/c1-36(2)24-51(89-5)75(108)96-66-68(103)42-15-20-55(49(85)26-42)116-57-28-44-29-58(72(57)120-82-73(71(106)70(105)59(35-98)118-82)119-61-33-83(4,74(107)37(3)115-61)91-34-38-8-10-39(11-9-38)40-12-17-45(84)18-13-40)117-56-21-16-43(27-50(56)86)69(104)67-81(114)95-65(77(110)90-23-7-6-22-87)48-30-46(99)31-54(101)62(48)47-25-41(14-19-53(47)100)63(78(111)97-67)94-79(112)64(44)93-76(109)52(32-60(88)102)92-80(66)113/h8-21,25-31,36-37,51-52,59,61,63-71,73-74,82,89,91,98-101,103-107H,6-7,22-24,32-35,87H2,1-5H3,(H2,88,102)(H,90,110)(H,92,113)(H,93,109)(H,94,112)(H,95,114)(H,96,108)(H,97,111)/t37?,51-,52+,59?,61?,63-,64-,65-,66-,67+,68-,69-,70?,71?,73?,74?,82?,83?/m1/s1. The van der Waals surface area contributed by atoms with Gasteiger partial charge in [-0.15, -0.1) is 0 Å². The number of carbonyl (C=O) groups excluding carboxylic acids is 8. The van der Waals surface area contributed by atoms with E-state index in [0.717, 1.165) is 71.3 Å². The van der Waals surface area contributed by atoms with Gasteiger partial charge in [0.1, 0.15) is 95.5 Å². The third kappa shape index (κ3) is 19.9. The van der Waals surface area contributed by atoms with Gasteiger partial charge in [-0.25, -0.2) is 0 Å². The molecule has 37 heteroatoms. The van der Waals surface area contributed by atoms with Crippen molar-refractivity contribution in [1.29, 1.82) is 0 Å². The average molecular weight is 1720 g/mol. The fourth-order valence-corrected chi connectivity index (χ4v) is 15.6. The van der Waals surface area contributed by atoms with Gasteiger partial charge >= 0.3 is 0 Å². The van der Waals surface area contributed by atoms with Crippen LogP contribution < -0.4 is 73.5 Å². The lowest BCUT2D eigenvalue weighted by Gasteiger charge is -2.48. The zero-order chi connectivity index (χ0) is 86.5. The number of benzene rings is 7. The summed E-state index contributed by atoms with van der Waals surface area (Å²) in [6.07, 6.45) is -17.8. The first-order valence-corrected chi connectivity index (χ1v) is 39.8. The SMILES string of the molecule is CN[C@H](CC(C)C)C(=O)N[C@H]1C(=O)N[C@@H](CC(N)=O)C(=O)N[C@H]2C(=O)N[C@H]3C(=O)N[C@H](C(=O)N[C@@H](C(=O)NCCCCN)c4cc(O)cc(O)c4-c4cc3ccc4O)[C@H](O)c3ccc(c(Cl)c3)Oc3cc2cc(c3OC2OC(CO)C(O)C(O)C2OC2CC(C)(NCc3ccc(-c4ccc(Cl)cc4)cc3)C(O)C(C)O2)Oc2ccc(cc2Cl)[C@H]1O. The molecule has 0 radical (unpaired) electrons. The number of phenols is 3. The molecule has 0 aromatic heterocycles. The highest BCUT2D eigenvalue weighted by molar-refractivity contribution is 6.32. The van der Waals surface area contributed by atoms with Crippen LogP contribution in [-0.4, -0.2) is 199 Å². The summed E-state index contributed by atoms with van der Waals surface area (Å²) in [5.74, 6) is -14.6. The Kier molecular flexibility index (Phi) is 28.2. The van der Waals surface area contributed by atoms with Crippen LogP contribution in [0.2, 0.25) is 15.1 Å². The minimum absolute atomic E-state index is 0.0256. The van der Waals surface area contributed by atoms with Crippen molar-refractivity contribution in [3.63, 3.8) is 0 Å². The molecular formula is C83H94Cl3N11O23. The quantitative estimate of drug-likeness (QED) is 0.0452. The van der Waals surface area contributed by atoms with Crippen LogP contribution in [0.4, 0.5) is 0 Å². The number of hydrogen-bond donors (Lipinski definition) is 20. The number of amides is 8. The summed E-state index contributed by atoms with van der Waals surface area (Å²) < 4.78 is 39.7. The summed E-state index contributed by atoms with van der Waals surface area (Å²) in [4.78, 5) is 120. The predicted octanol–water partition coefficient (Wildman–Crippen LogP) is 4.03. The van der Waals surface area contributed by atoms with Crippen LogP contribution >= 0.6 is 34.8 Å². The fourth-order valence-electron chi connectivity index (χ4n) is 15.0. The molecule has 34 nitrogen and oxygen atoms in total. The second-order valence-corrected chi connectivity index (χ2v) is 31.9. The van der Waals surface area contributed by atoms with Crippen LogP contribution in [-0.2, 0) is 59.1 Å². The van der Waals surface area contributed by atoms with Gasteiger partial charge in [-0.05, 0) is 164 Å². The molecule has 120 heavy (non-hydrogen) atoms. The van der Waals surface area contributed by atoms with Gasteiger partial charge in [0.2, 0.25) is 59.3 Å². The Morgan fingerprint density at radius 2 is 1.28 bits per heavy atom. The van der Waals surface area contributed by atoms with Crippen LogP contribution in [0, 0.1) is 5.92 Å². The molecule has 0 aliphatic carbocycles. The van der Waals surface area contributed by atoms with Gasteiger partial charge in [0.05, 0.1) is 41.3 Å². The number of nitrogens with one attached hydrogen (secondary N) is 9. The molecule has 0 spiro atoms. The number of nitrogens with two attached hydrogens (primary N) is 2. The van der Waals surface area contributed by atoms with Gasteiger partial charge in [0.15, 0.2) is 23.9 Å². The molecule has 2 saturated heterocycles. The number of halogens is 3. The summed E-state index contributed by atoms with van der Waals surface area (Å²) in [6.45, 7) is 6.40. The number of fused-ring (bicyclic) bond motifs is 15. The third-order valence-corrected chi connectivity index (χ3v) is 22.3. The first kappa shape index (κ1) is 88.8. The lowest BCUT2D eigenvalue weighted by atomic mass is 9.84. The van der Waals surface area contributed by atoms with E-state index in [1.807, 2.05) is 50.2 Å². The van der Waals surface area contributed by atoms with Gasteiger partial charge in [0, 0.05) is 47.3 Å². The number of phenolic OH excluding ortho intramolecular Hbond substituents is 3. The van der Waals surface area contributed by atoms with Crippen LogP contribution in [0.5, 0.6) is 46.0 Å². The Hall–Kier alpha value is -10.5. The number of aromatic hydroxyl groups is 3. The van der Waals surface area contributed by atoms with Gasteiger partial charge in [0.25, 0.3) is 0 Å². The zero-order valence-corrected chi connectivity index (χ0v) is 67.7. The van der Waals surface area contributed by atoms with E-state index in [9.17, 15) is 60.3 Å². The number of likely N-dealkylation sites (N-methyl/N-ethyl adjacent to an activating group) is 1. The summed E-state index contributed by atoms with van der Waals surface area (Å²) >= 11 is 20.6. The van der Waals surface area contributed by atoms with Crippen LogP contribution in [0.3, 0.4) is 0 Å². The number of aliphatic hydroxyl groups excluding tert-OH is 6. The van der Waals surface area contributed by atoms with Crippen molar-refractivity contribution in [2.75, 3.05) is 26.7 Å². The summed E-state index contributed by atoms with van der Waals surface area (Å²) in [5.41, 5.74) is 10.7. The van der Waals surface area contributed by atoms with Gasteiger partial charge in [-0.3, -0.25) is 38.4 Å². The topological polar surface area (TPSA) is 534 Å². The lowest BCUT2D eigenvalue weighted by molar-refractivity contribution is -0.334. The lowest BCUT2D eigenvalue weighted by Crippen LogP contribution is -2.65. The predicted molar refractivity (Wildman–Crippen MR) is 432 cm³/mol. The first-order valence-electron chi connectivity index (χ1n) is 38.7. The Labute approximate surface area is 702 Å². The van der Waals surface area contributed by atoms with Gasteiger partial charge < -0.3 is 134 Å². The molecule has 7 heterocycles. The largest absolute Gasteiger partial charge is 0.508 e. The van der Waals surface area contributed by atoms with E-state index in [2.05, 4.69) is 47.9 Å². The van der Waals surface area contributed by atoms with Crippen molar-refractivity contribution in [2.24, 2.45) is 17.4 Å². The molecule has 22 N–H and O–H groups in total. The Balaban J connectivity index is 1.04. The summed E-state index contributed by atoms with van der Waals surface area (Å²) in [7, 11) is 1.48. The minimum atomic E-state index is -2.35. The van der Waals surface area contributed by atoms with E-state index in [0.29, 0.717) is 17.9 Å². The maximum atomic E-state index is 16.3. The van der Waals surface area contributed by atoms with Gasteiger partial charge in [-0.1, -0.05) is 103 Å². The molecular weight excluding hydrogens is 1630 g/mol. The monoisotopic (exact) mass is 1720 g/mol. The second-order valence-electron chi connectivity index (χ2n) is 30.6. The maximum Gasteiger partial charge on any atom is 0.248 e. The van der Waals surface area contributed by atoms with Crippen LogP contribution in [0.1, 0.15) is 124 Å². The number of rotatable bonds is 21. The van der Waals surface area contributed by atoms with Crippen molar-refractivity contribution < 1.29 is 113 Å². The van der Waals surface area contributed by atoms with Crippen molar-refractivity contribution in [3.8, 4) is 68.2 Å². The van der Waals surface area contributed by atoms with Crippen molar-refractivity contribution in [3.05, 3.63) is 176 Å². The Bertz CT molecular complexity index is 5000. The van der Waals surface area contributed by atoms with Gasteiger partial charge in [-0.2, -0.15) is 0 Å². The second kappa shape index (κ2) is 38.1. The summed E-state index contributed by atoms with van der Waals surface area (Å²) in [6, 6.07) is 15.4. The fraction of sp³-hybridized carbons (Fsp3) is 0.398. The minimum Gasteiger partial charge on any atom is -0.508 e. The molecule has 14 rings (SSSR count). The molecule has 7 aliphatic heterocycles. The van der Waals surface area contributed by atoms with Crippen molar-refractivity contribution in [2.45, 2.75) is 176 Å². The number of ether oxygens (including phenoxy) is 6. The molecule has 9 unspecified atom stereocenters. The summed E-state index contributed by atoms with van der Waals surface area (Å²) in [5, 5.41) is 131. The van der Waals surface area contributed by atoms with Crippen molar-refractivity contribution >= 4 is 82.1 Å². The number of unbranched alkanes of at least 4 members (excludes halogenated alkanes) is 1. The molecule has 0 saturated carbocycles. The van der Waals surface area contributed by atoms with E-state index in [-0.39, 0.29) is 82.7 Å². The van der Waals surface area contributed by atoms with E-state index < -0.39 is 220 Å². The van der Waals surface area contributed by atoms with E-state index in [4.69, 9.17) is 74.7 Å². The maximum absolute atomic E-state index is 16.3. The van der Waals surface area contributed by atoms with E-state index in [1.54, 1.807) is 26.0 Å². The highest BCUT2D eigenvalue weighted by Gasteiger charge is 2.52. The van der Waals surface area contributed by atoms with Crippen LogP contribution in [0.25, 0.3) is 22.3 Å². The van der Waals surface area contributed by atoms with Crippen LogP contribution in [0.15, 0.2) is 127 Å². The molecule has 18 atom stereocenters. The highest BCUT2D eigenvalue weighted by Crippen LogP contribution is 2.50. The smallest absolute Gasteiger partial charge is 0.248 e. The zero-order valence-electron chi connectivity index (χ0n) is 65.4. The molecule has 640 valence electrons.